The molecule has 1 amide bonds. The van der Waals surface area contributed by atoms with E-state index in [4.69, 9.17) is 9.47 Å². The van der Waals surface area contributed by atoms with Gasteiger partial charge < -0.3 is 23.8 Å². The summed E-state index contributed by atoms with van der Waals surface area (Å²) in [5.41, 5.74) is 0.833. The van der Waals surface area contributed by atoms with Crippen LogP contribution in [-0.4, -0.2) is 59.9 Å². The van der Waals surface area contributed by atoms with E-state index in [1.54, 1.807) is 11.9 Å². The van der Waals surface area contributed by atoms with E-state index in [2.05, 4.69) is 51.5 Å². The summed E-state index contributed by atoms with van der Waals surface area (Å²) in [5.74, 6) is 0. The van der Waals surface area contributed by atoms with Crippen LogP contribution in [0.4, 0.5) is 4.79 Å². The summed E-state index contributed by atoms with van der Waals surface area (Å²) in [5, 5.41) is 0. The van der Waals surface area contributed by atoms with E-state index in [0.29, 0.717) is 6.54 Å². The van der Waals surface area contributed by atoms with Gasteiger partial charge in [-0.25, -0.2) is 4.79 Å². The number of halogens is 1. The number of carbonyl (C=O) groups is 1. The molecule has 0 aromatic carbocycles. The molecule has 6 nitrogen and oxygen atoms in total. The lowest BCUT2D eigenvalue weighted by Gasteiger charge is -2.26. The maximum Gasteiger partial charge on any atom is 0.410 e. The molecule has 0 aliphatic carbocycles. The summed E-state index contributed by atoms with van der Waals surface area (Å²) in [6.07, 6.45) is 7.75. The second-order valence-electron chi connectivity index (χ2n) is 8.04. The highest BCUT2D eigenvalue weighted by Gasteiger charge is 2.20. The van der Waals surface area contributed by atoms with Gasteiger partial charge in [-0.3, -0.25) is 0 Å². The van der Waals surface area contributed by atoms with Crippen molar-refractivity contribution in [2.24, 2.45) is 0 Å². The Morgan fingerprint density at radius 1 is 1.31 bits per heavy atom. The number of amides is 1. The zero-order valence-electron chi connectivity index (χ0n) is 16.6. The van der Waals surface area contributed by atoms with Crippen molar-refractivity contribution in [1.82, 2.24) is 14.4 Å². The third kappa shape index (κ3) is 6.74. The maximum atomic E-state index is 12.0. The molecule has 26 heavy (non-hydrogen) atoms. The third-order valence-corrected chi connectivity index (χ3v) is 5.30. The van der Waals surface area contributed by atoms with Crippen LogP contribution in [0.1, 0.15) is 51.8 Å². The second kappa shape index (κ2) is 9.41. The van der Waals surface area contributed by atoms with Gasteiger partial charge in [0.25, 0.3) is 0 Å². The molecule has 1 fully saturated rings. The highest BCUT2D eigenvalue weighted by molar-refractivity contribution is 14.1. The number of hydrogen-bond donors (Lipinski definition) is 0. The van der Waals surface area contributed by atoms with E-state index in [0.717, 1.165) is 32.5 Å². The van der Waals surface area contributed by atoms with Gasteiger partial charge in [-0.15, -0.1) is 0 Å². The molecule has 1 aromatic heterocycles. The number of aromatic nitrogens is 1. The first kappa shape index (κ1) is 21.5. The van der Waals surface area contributed by atoms with Gasteiger partial charge in [0.1, 0.15) is 11.8 Å². The fraction of sp³-hybridized carbons (Fsp3) is 0.737. The molecule has 0 unspecified atom stereocenters. The van der Waals surface area contributed by atoms with Gasteiger partial charge in [0.15, 0.2) is 0 Å². The molecule has 0 spiro atoms. The van der Waals surface area contributed by atoms with Gasteiger partial charge >= 0.3 is 6.09 Å². The molecule has 7 heteroatoms. The Labute approximate surface area is 170 Å². The van der Waals surface area contributed by atoms with E-state index in [1.165, 1.54) is 15.6 Å². The van der Waals surface area contributed by atoms with Gasteiger partial charge in [0, 0.05) is 49.3 Å². The van der Waals surface area contributed by atoms with Crippen molar-refractivity contribution >= 4 is 28.7 Å². The Balaban J connectivity index is 1.83. The fourth-order valence-electron chi connectivity index (χ4n) is 2.86. The van der Waals surface area contributed by atoms with Crippen LogP contribution in [-0.2, 0) is 16.0 Å². The van der Waals surface area contributed by atoms with Gasteiger partial charge in [0.05, 0.1) is 0 Å². The van der Waals surface area contributed by atoms with Gasteiger partial charge in [-0.2, -0.15) is 0 Å². The Hall–Kier alpha value is -0.800. The summed E-state index contributed by atoms with van der Waals surface area (Å²) < 4.78 is 14.7. The number of nitrogens with zero attached hydrogens (tertiary/aromatic N) is 3. The summed E-state index contributed by atoms with van der Waals surface area (Å²) >= 11 is 2.39. The predicted molar refractivity (Wildman–Crippen MR) is 111 cm³/mol. The molecular weight excluding hydrogens is 445 g/mol. The van der Waals surface area contributed by atoms with E-state index < -0.39 is 5.60 Å². The predicted octanol–water partition coefficient (Wildman–Crippen LogP) is 4.09. The van der Waals surface area contributed by atoms with Crippen molar-refractivity contribution < 1.29 is 14.3 Å². The lowest BCUT2D eigenvalue weighted by Crippen LogP contribution is -2.38. The van der Waals surface area contributed by atoms with Gasteiger partial charge in [-0.05, 0) is 75.2 Å². The van der Waals surface area contributed by atoms with Crippen molar-refractivity contribution in [3.8, 4) is 0 Å². The molecule has 0 saturated carbocycles. The number of likely N-dealkylation sites (N-methyl/N-ethyl adjacent to an activating group) is 2. The Bertz CT molecular complexity index is 591. The number of hydrogen-bond acceptors (Lipinski definition) is 4. The first-order chi connectivity index (χ1) is 12.2. The third-order valence-electron chi connectivity index (χ3n) is 4.32. The zero-order chi connectivity index (χ0) is 19.3. The molecule has 0 radical (unpaired) electrons. The molecule has 0 N–H and O–H groups in total. The zero-order valence-corrected chi connectivity index (χ0v) is 18.8. The maximum absolute atomic E-state index is 12.0. The molecule has 1 aromatic rings. The molecule has 1 aliphatic heterocycles. The summed E-state index contributed by atoms with van der Waals surface area (Å²) in [6.45, 7) is 8.77. The van der Waals surface area contributed by atoms with Crippen LogP contribution in [0.15, 0.2) is 12.4 Å². The monoisotopic (exact) mass is 477 g/mol. The lowest BCUT2D eigenvalue weighted by atomic mass is 10.2. The Morgan fingerprint density at radius 2 is 2.04 bits per heavy atom. The Morgan fingerprint density at radius 3 is 2.65 bits per heavy atom. The van der Waals surface area contributed by atoms with Crippen LogP contribution in [0.5, 0.6) is 0 Å². The van der Waals surface area contributed by atoms with E-state index in [1.807, 2.05) is 20.8 Å². The second-order valence-corrected chi connectivity index (χ2v) is 9.20. The SMILES string of the molecule is CN(CCN(C)C(=O)OC(C)(C)C)Cc1cn([C@H]2CCCCO2)cc1I. The van der Waals surface area contributed by atoms with Crippen molar-refractivity contribution in [3.05, 3.63) is 21.5 Å². The van der Waals surface area contributed by atoms with Crippen molar-refractivity contribution in [2.75, 3.05) is 33.8 Å². The first-order valence-corrected chi connectivity index (χ1v) is 10.3. The number of rotatable bonds is 6. The summed E-state index contributed by atoms with van der Waals surface area (Å²) in [7, 11) is 3.86. The summed E-state index contributed by atoms with van der Waals surface area (Å²) in [6, 6.07) is 0. The minimum absolute atomic E-state index is 0.176. The number of carbonyl (C=O) groups excluding carboxylic acids is 1. The van der Waals surface area contributed by atoms with Crippen LogP contribution in [0.25, 0.3) is 0 Å². The molecule has 0 bridgehead atoms. The van der Waals surface area contributed by atoms with E-state index in [9.17, 15) is 4.79 Å². The first-order valence-electron chi connectivity index (χ1n) is 9.26. The van der Waals surface area contributed by atoms with Crippen LogP contribution in [0.2, 0.25) is 0 Å². The topological polar surface area (TPSA) is 46.9 Å². The molecule has 2 heterocycles. The van der Waals surface area contributed by atoms with Crippen LogP contribution < -0.4 is 0 Å². The van der Waals surface area contributed by atoms with Crippen LogP contribution >= 0.6 is 22.6 Å². The highest BCUT2D eigenvalue weighted by Crippen LogP contribution is 2.26. The average Bonchev–Trinajstić information content (AvgIpc) is 2.92. The van der Waals surface area contributed by atoms with Gasteiger partial charge in [0.2, 0.25) is 0 Å². The minimum atomic E-state index is -0.461. The Kier molecular flexibility index (Phi) is 7.78. The van der Waals surface area contributed by atoms with E-state index >= 15 is 0 Å². The summed E-state index contributed by atoms with van der Waals surface area (Å²) in [4.78, 5) is 15.9. The minimum Gasteiger partial charge on any atom is -0.444 e. The standard InChI is InChI=1S/C19H32IN3O3/c1-19(2,3)26-18(24)22(5)10-9-21(4)12-15-13-23(14-16(15)20)17-8-6-7-11-25-17/h13-14,17H,6-12H2,1-5H3/t17-/m1/s1. The number of ether oxygens (including phenoxy) is 2. The van der Waals surface area contributed by atoms with Crippen molar-refractivity contribution in [2.45, 2.75) is 58.4 Å². The fourth-order valence-corrected chi connectivity index (χ4v) is 3.49. The van der Waals surface area contributed by atoms with Gasteiger partial charge in [-0.1, -0.05) is 0 Å². The molecule has 2 rings (SSSR count). The lowest BCUT2D eigenvalue weighted by molar-refractivity contribution is -0.0318. The molecule has 1 aliphatic rings. The van der Waals surface area contributed by atoms with Crippen molar-refractivity contribution in [3.63, 3.8) is 0 Å². The van der Waals surface area contributed by atoms with Crippen LogP contribution in [0.3, 0.4) is 0 Å². The smallest absolute Gasteiger partial charge is 0.410 e. The quantitative estimate of drug-likeness (QED) is 0.580. The average molecular weight is 477 g/mol. The van der Waals surface area contributed by atoms with Crippen molar-refractivity contribution in [1.29, 1.82) is 0 Å². The van der Waals surface area contributed by atoms with Crippen LogP contribution in [0, 0.1) is 3.57 Å². The molecule has 1 atom stereocenters. The molecule has 1 saturated heterocycles. The largest absolute Gasteiger partial charge is 0.444 e. The highest BCUT2D eigenvalue weighted by atomic mass is 127. The molecule has 148 valence electrons. The normalized spacial score (nSPS) is 18.2. The molecular formula is C19H32IN3O3. The van der Waals surface area contributed by atoms with E-state index in [-0.39, 0.29) is 12.3 Å².